The fourth-order valence-corrected chi connectivity index (χ4v) is 2.21. The highest BCUT2D eigenvalue weighted by Crippen LogP contribution is 2.33. The number of rotatable bonds is 3. The molecule has 0 atom stereocenters. The van der Waals surface area contributed by atoms with Gasteiger partial charge in [0.15, 0.2) is 0 Å². The van der Waals surface area contributed by atoms with Crippen molar-refractivity contribution in [1.29, 1.82) is 0 Å². The van der Waals surface area contributed by atoms with E-state index in [4.69, 9.17) is 0 Å². The van der Waals surface area contributed by atoms with Gasteiger partial charge in [0.1, 0.15) is 0 Å². The average Bonchev–Trinajstić information content (AvgIpc) is 2.52. The fraction of sp³-hybridized carbons (Fsp3) is 0.0556. The molecule has 0 amide bonds. The van der Waals surface area contributed by atoms with Crippen molar-refractivity contribution >= 4 is 17.1 Å². The molecule has 3 rings (SSSR count). The highest BCUT2D eigenvalue weighted by atomic mass is 15.1. The molecule has 3 aromatic rings. The van der Waals surface area contributed by atoms with Gasteiger partial charge in [0.2, 0.25) is 0 Å². The largest absolute Gasteiger partial charge is 0.310 e. The summed E-state index contributed by atoms with van der Waals surface area (Å²) in [4.78, 5) is 6.33. The topological polar surface area (TPSA) is 16.1 Å². The minimum absolute atomic E-state index is 1.11. The lowest BCUT2D eigenvalue weighted by Gasteiger charge is -2.25. The summed E-state index contributed by atoms with van der Waals surface area (Å²) in [5, 5.41) is 0. The van der Waals surface area contributed by atoms with Gasteiger partial charge in [-0.15, -0.1) is 0 Å². The van der Waals surface area contributed by atoms with Crippen molar-refractivity contribution in [1.82, 2.24) is 4.98 Å². The van der Waals surface area contributed by atoms with Crippen molar-refractivity contribution in [2.24, 2.45) is 0 Å². The molecule has 20 heavy (non-hydrogen) atoms. The zero-order valence-electron chi connectivity index (χ0n) is 11.4. The van der Waals surface area contributed by atoms with Crippen molar-refractivity contribution < 1.29 is 0 Å². The van der Waals surface area contributed by atoms with Crippen molar-refractivity contribution in [3.05, 3.63) is 84.7 Å². The molecule has 0 bridgehead atoms. The third-order valence-corrected chi connectivity index (χ3v) is 3.23. The Kier molecular flexibility index (Phi) is 3.46. The summed E-state index contributed by atoms with van der Waals surface area (Å²) in [6.07, 6.45) is 3.64. The van der Waals surface area contributed by atoms with E-state index in [0.29, 0.717) is 0 Å². The minimum atomic E-state index is 1.11. The summed E-state index contributed by atoms with van der Waals surface area (Å²) >= 11 is 0. The first-order valence-corrected chi connectivity index (χ1v) is 6.66. The summed E-state index contributed by atoms with van der Waals surface area (Å²) in [5.41, 5.74) is 4.65. The van der Waals surface area contributed by atoms with Crippen LogP contribution in [0.15, 0.2) is 79.1 Å². The molecule has 0 unspecified atom stereocenters. The number of hydrogen-bond donors (Lipinski definition) is 0. The lowest BCUT2D eigenvalue weighted by atomic mass is 10.1. The predicted octanol–water partition coefficient (Wildman–Crippen LogP) is 4.86. The first-order chi connectivity index (χ1) is 9.84. The molecule has 98 valence electrons. The first-order valence-electron chi connectivity index (χ1n) is 6.66. The van der Waals surface area contributed by atoms with Crippen LogP contribution in [-0.4, -0.2) is 4.98 Å². The molecule has 0 N–H and O–H groups in total. The van der Waals surface area contributed by atoms with Crippen molar-refractivity contribution in [2.75, 3.05) is 4.90 Å². The van der Waals surface area contributed by atoms with Crippen molar-refractivity contribution in [3.63, 3.8) is 0 Å². The third-order valence-electron chi connectivity index (χ3n) is 3.23. The van der Waals surface area contributed by atoms with Crippen molar-refractivity contribution in [2.45, 2.75) is 6.92 Å². The van der Waals surface area contributed by atoms with Gasteiger partial charge in [0, 0.05) is 29.5 Å². The van der Waals surface area contributed by atoms with Gasteiger partial charge in [-0.25, -0.2) is 0 Å². The van der Waals surface area contributed by atoms with Gasteiger partial charge in [-0.3, -0.25) is 4.98 Å². The van der Waals surface area contributed by atoms with Crippen LogP contribution >= 0.6 is 0 Å². The Morgan fingerprint density at radius 2 is 1.20 bits per heavy atom. The zero-order valence-corrected chi connectivity index (χ0v) is 11.4. The summed E-state index contributed by atoms with van der Waals surface area (Å²) in [6.45, 7) is 2.10. The van der Waals surface area contributed by atoms with Gasteiger partial charge in [-0.2, -0.15) is 0 Å². The van der Waals surface area contributed by atoms with E-state index < -0.39 is 0 Å². The number of nitrogens with zero attached hydrogens (tertiary/aromatic N) is 2. The minimum Gasteiger partial charge on any atom is -0.310 e. The predicted molar refractivity (Wildman–Crippen MR) is 83.7 cm³/mol. The second-order valence-corrected chi connectivity index (χ2v) is 4.71. The monoisotopic (exact) mass is 260 g/mol. The van der Waals surface area contributed by atoms with Crippen LogP contribution in [0, 0.1) is 6.92 Å². The van der Waals surface area contributed by atoms with E-state index in [0.717, 1.165) is 17.1 Å². The highest BCUT2D eigenvalue weighted by Gasteiger charge is 2.10. The Morgan fingerprint density at radius 1 is 0.650 bits per heavy atom. The van der Waals surface area contributed by atoms with Crippen LogP contribution in [0.1, 0.15) is 5.56 Å². The molecule has 0 aliphatic heterocycles. The maximum atomic E-state index is 4.10. The molecule has 0 spiro atoms. The van der Waals surface area contributed by atoms with E-state index in [1.165, 1.54) is 5.56 Å². The van der Waals surface area contributed by atoms with E-state index in [9.17, 15) is 0 Å². The van der Waals surface area contributed by atoms with E-state index in [1.807, 2.05) is 30.6 Å². The van der Waals surface area contributed by atoms with Crippen LogP contribution in [0.3, 0.4) is 0 Å². The van der Waals surface area contributed by atoms with E-state index in [1.54, 1.807) is 0 Å². The molecule has 0 radical (unpaired) electrons. The maximum absolute atomic E-state index is 4.10. The van der Waals surface area contributed by atoms with E-state index in [-0.39, 0.29) is 0 Å². The number of pyridine rings is 1. The molecule has 2 nitrogen and oxygen atoms in total. The van der Waals surface area contributed by atoms with Crippen LogP contribution < -0.4 is 4.90 Å². The van der Waals surface area contributed by atoms with Gasteiger partial charge in [-0.1, -0.05) is 35.9 Å². The lowest BCUT2D eigenvalue weighted by molar-refractivity contribution is 1.24. The third kappa shape index (κ3) is 2.54. The van der Waals surface area contributed by atoms with Crippen LogP contribution in [0.25, 0.3) is 0 Å². The summed E-state index contributed by atoms with van der Waals surface area (Å²) in [6, 6.07) is 22.9. The molecule has 0 saturated heterocycles. The van der Waals surface area contributed by atoms with Gasteiger partial charge in [0.05, 0.1) is 0 Å². The fourth-order valence-electron chi connectivity index (χ4n) is 2.21. The molecule has 0 saturated carbocycles. The smallest absolute Gasteiger partial charge is 0.0492 e. The normalized spacial score (nSPS) is 10.2. The van der Waals surface area contributed by atoms with E-state index in [2.05, 4.69) is 65.3 Å². The Hall–Kier alpha value is -2.61. The van der Waals surface area contributed by atoms with Crippen LogP contribution in [0.2, 0.25) is 0 Å². The number of aromatic nitrogens is 1. The highest BCUT2D eigenvalue weighted by molar-refractivity contribution is 5.76. The Balaban J connectivity index is 2.11. The summed E-state index contributed by atoms with van der Waals surface area (Å²) < 4.78 is 0. The molecule has 1 aromatic heterocycles. The van der Waals surface area contributed by atoms with Crippen molar-refractivity contribution in [3.8, 4) is 0 Å². The summed E-state index contributed by atoms with van der Waals surface area (Å²) in [5.74, 6) is 0. The Labute approximate surface area is 119 Å². The maximum Gasteiger partial charge on any atom is 0.0492 e. The van der Waals surface area contributed by atoms with Gasteiger partial charge in [0.25, 0.3) is 0 Å². The zero-order chi connectivity index (χ0) is 13.8. The average molecular weight is 260 g/mol. The summed E-state index contributed by atoms with van der Waals surface area (Å²) in [7, 11) is 0. The number of hydrogen-bond acceptors (Lipinski definition) is 2. The Bertz CT molecular complexity index is 621. The molecule has 2 aromatic carbocycles. The van der Waals surface area contributed by atoms with Crippen LogP contribution in [0.5, 0.6) is 0 Å². The number of anilines is 3. The number of para-hydroxylation sites is 1. The van der Waals surface area contributed by atoms with Crippen LogP contribution in [0.4, 0.5) is 17.1 Å². The molecule has 0 aliphatic carbocycles. The molecule has 1 heterocycles. The quantitative estimate of drug-likeness (QED) is 0.668. The molecular weight excluding hydrogens is 244 g/mol. The second kappa shape index (κ2) is 5.57. The van der Waals surface area contributed by atoms with Gasteiger partial charge in [-0.05, 0) is 43.3 Å². The van der Waals surface area contributed by atoms with Crippen LogP contribution in [-0.2, 0) is 0 Å². The standard InChI is InChI=1S/C18H16N2/c1-15-7-9-17(10-8-15)20(16-5-3-2-4-6-16)18-11-13-19-14-12-18/h2-14H,1H3. The second-order valence-electron chi connectivity index (χ2n) is 4.71. The molecule has 0 fully saturated rings. The SMILES string of the molecule is Cc1ccc(N(c2ccccc2)c2ccncc2)cc1. The van der Waals surface area contributed by atoms with Gasteiger partial charge >= 0.3 is 0 Å². The number of benzene rings is 2. The number of aryl methyl sites for hydroxylation is 1. The molecule has 0 aliphatic rings. The van der Waals surface area contributed by atoms with Gasteiger partial charge < -0.3 is 4.90 Å². The Morgan fingerprint density at radius 3 is 1.85 bits per heavy atom. The molecule has 2 heteroatoms. The van der Waals surface area contributed by atoms with E-state index >= 15 is 0 Å². The molecular formula is C18H16N2. The first kappa shape index (κ1) is 12.4. The lowest BCUT2D eigenvalue weighted by Crippen LogP contribution is -2.09.